The van der Waals surface area contributed by atoms with Gasteiger partial charge in [-0.25, -0.2) is 8.42 Å². The van der Waals surface area contributed by atoms with E-state index in [-0.39, 0.29) is 5.25 Å². The summed E-state index contributed by atoms with van der Waals surface area (Å²) in [6, 6.07) is 7.25. The van der Waals surface area contributed by atoms with Crippen LogP contribution in [0.3, 0.4) is 0 Å². The summed E-state index contributed by atoms with van der Waals surface area (Å²) in [5, 5.41) is -0.358. The standard InChI is InChI=1S/C13H20O2S/c1-10(2)9-12-5-7-13(8-6-12)16(14,15)11(3)4/h5-8,10-11H,9H2,1-4H3. The molecule has 0 amide bonds. The minimum atomic E-state index is -3.12. The second-order valence-electron chi connectivity index (χ2n) is 4.84. The van der Waals surface area contributed by atoms with Gasteiger partial charge in [-0.3, -0.25) is 0 Å². The number of rotatable bonds is 4. The fourth-order valence-electron chi connectivity index (χ4n) is 1.56. The lowest BCUT2D eigenvalue weighted by molar-refractivity contribution is 0.587. The van der Waals surface area contributed by atoms with Gasteiger partial charge >= 0.3 is 0 Å². The Balaban J connectivity index is 2.96. The quantitative estimate of drug-likeness (QED) is 0.810. The molecule has 1 rings (SSSR count). The van der Waals surface area contributed by atoms with Crippen LogP contribution in [0.4, 0.5) is 0 Å². The smallest absolute Gasteiger partial charge is 0.180 e. The fourth-order valence-corrected chi connectivity index (χ4v) is 2.62. The Morgan fingerprint density at radius 1 is 1.00 bits per heavy atom. The van der Waals surface area contributed by atoms with Crippen LogP contribution in [-0.4, -0.2) is 13.7 Å². The highest BCUT2D eigenvalue weighted by atomic mass is 32.2. The molecule has 0 radical (unpaired) electrons. The van der Waals surface area contributed by atoms with Crippen LogP contribution in [0.2, 0.25) is 0 Å². The Morgan fingerprint density at radius 3 is 1.88 bits per heavy atom. The molecule has 2 nitrogen and oxygen atoms in total. The van der Waals surface area contributed by atoms with E-state index in [2.05, 4.69) is 13.8 Å². The first-order valence-electron chi connectivity index (χ1n) is 5.67. The summed E-state index contributed by atoms with van der Waals surface area (Å²) >= 11 is 0. The molecule has 0 aliphatic rings. The van der Waals surface area contributed by atoms with Crippen LogP contribution in [0.25, 0.3) is 0 Å². The maximum atomic E-state index is 11.9. The van der Waals surface area contributed by atoms with Gasteiger partial charge in [-0.1, -0.05) is 26.0 Å². The van der Waals surface area contributed by atoms with Gasteiger partial charge in [0.05, 0.1) is 10.1 Å². The summed E-state index contributed by atoms with van der Waals surface area (Å²) < 4.78 is 23.7. The Bertz CT molecular complexity index is 428. The zero-order chi connectivity index (χ0) is 12.3. The molecule has 1 aromatic rings. The third-order valence-corrected chi connectivity index (χ3v) is 4.69. The van der Waals surface area contributed by atoms with E-state index >= 15 is 0 Å². The number of hydrogen-bond acceptors (Lipinski definition) is 2. The molecule has 0 aromatic heterocycles. The molecule has 90 valence electrons. The lowest BCUT2D eigenvalue weighted by atomic mass is 10.0. The average molecular weight is 240 g/mol. The van der Waals surface area contributed by atoms with Crippen LogP contribution in [0.5, 0.6) is 0 Å². The molecule has 0 heterocycles. The molecular weight excluding hydrogens is 220 g/mol. The zero-order valence-electron chi connectivity index (χ0n) is 10.4. The Morgan fingerprint density at radius 2 is 1.50 bits per heavy atom. The molecule has 0 saturated carbocycles. The molecule has 0 N–H and O–H groups in total. The lowest BCUT2D eigenvalue weighted by Gasteiger charge is -2.09. The summed E-state index contributed by atoms with van der Waals surface area (Å²) in [5.41, 5.74) is 1.19. The van der Waals surface area contributed by atoms with Gasteiger partial charge in [0.25, 0.3) is 0 Å². The maximum absolute atomic E-state index is 11.9. The van der Waals surface area contributed by atoms with E-state index in [1.54, 1.807) is 26.0 Å². The SMILES string of the molecule is CC(C)Cc1ccc(S(=O)(=O)C(C)C)cc1. The van der Waals surface area contributed by atoms with E-state index in [4.69, 9.17) is 0 Å². The van der Waals surface area contributed by atoms with Gasteiger partial charge in [-0.05, 0) is 43.9 Å². The topological polar surface area (TPSA) is 34.1 Å². The molecule has 0 bridgehead atoms. The zero-order valence-corrected chi connectivity index (χ0v) is 11.2. The average Bonchev–Trinajstić information content (AvgIpc) is 2.17. The predicted octanol–water partition coefficient (Wildman–Crippen LogP) is 3.07. The number of benzene rings is 1. The third kappa shape index (κ3) is 3.08. The van der Waals surface area contributed by atoms with Crippen molar-refractivity contribution in [1.29, 1.82) is 0 Å². The van der Waals surface area contributed by atoms with Crippen molar-refractivity contribution in [3.63, 3.8) is 0 Å². The third-order valence-electron chi connectivity index (χ3n) is 2.52. The molecule has 3 heteroatoms. The highest BCUT2D eigenvalue weighted by Gasteiger charge is 2.18. The number of hydrogen-bond donors (Lipinski definition) is 0. The monoisotopic (exact) mass is 240 g/mol. The second kappa shape index (κ2) is 5.00. The Hall–Kier alpha value is -0.830. The summed E-state index contributed by atoms with van der Waals surface area (Å²) in [6.07, 6.45) is 0.988. The minimum Gasteiger partial charge on any atom is -0.223 e. The van der Waals surface area contributed by atoms with Crippen LogP contribution in [0.15, 0.2) is 29.2 Å². The predicted molar refractivity (Wildman–Crippen MR) is 67.3 cm³/mol. The first-order valence-corrected chi connectivity index (χ1v) is 7.21. The van der Waals surface area contributed by atoms with Gasteiger partial charge in [-0.2, -0.15) is 0 Å². The van der Waals surface area contributed by atoms with Crippen LogP contribution >= 0.6 is 0 Å². The van der Waals surface area contributed by atoms with Gasteiger partial charge in [0, 0.05) is 0 Å². The van der Waals surface area contributed by atoms with Gasteiger partial charge in [0.2, 0.25) is 0 Å². The van der Waals surface area contributed by atoms with Gasteiger partial charge < -0.3 is 0 Å². The van der Waals surface area contributed by atoms with Crippen molar-refractivity contribution in [2.24, 2.45) is 5.92 Å². The van der Waals surface area contributed by atoms with Crippen molar-refractivity contribution in [2.75, 3.05) is 0 Å². The van der Waals surface area contributed by atoms with Crippen LogP contribution in [0, 0.1) is 5.92 Å². The fraction of sp³-hybridized carbons (Fsp3) is 0.538. The van der Waals surface area contributed by atoms with Crippen molar-refractivity contribution in [3.8, 4) is 0 Å². The van der Waals surface area contributed by atoms with Gasteiger partial charge in [0.15, 0.2) is 9.84 Å². The second-order valence-corrected chi connectivity index (χ2v) is 7.34. The van der Waals surface area contributed by atoms with Crippen molar-refractivity contribution in [1.82, 2.24) is 0 Å². The molecule has 0 atom stereocenters. The molecule has 0 spiro atoms. The Labute approximate surface area is 98.6 Å². The van der Waals surface area contributed by atoms with E-state index in [9.17, 15) is 8.42 Å². The van der Waals surface area contributed by atoms with Crippen molar-refractivity contribution in [3.05, 3.63) is 29.8 Å². The molecule has 1 aromatic carbocycles. The summed E-state index contributed by atoms with van der Waals surface area (Å²) in [6.45, 7) is 7.71. The first-order chi connectivity index (χ1) is 7.34. The maximum Gasteiger partial charge on any atom is 0.180 e. The van der Waals surface area contributed by atoms with E-state index in [1.165, 1.54) is 5.56 Å². The van der Waals surface area contributed by atoms with E-state index in [1.807, 2.05) is 12.1 Å². The van der Waals surface area contributed by atoms with Gasteiger partial charge in [0.1, 0.15) is 0 Å². The molecule has 0 saturated heterocycles. The lowest BCUT2D eigenvalue weighted by Crippen LogP contribution is -2.13. The molecule has 0 aliphatic carbocycles. The molecule has 16 heavy (non-hydrogen) atoms. The van der Waals surface area contributed by atoms with E-state index in [0.29, 0.717) is 10.8 Å². The van der Waals surface area contributed by atoms with Gasteiger partial charge in [-0.15, -0.1) is 0 Å². The van der Waals surface area contributed by atoms with Crippen molar-refractivity contribution in [2.45, 2.75) is 44.3 Å². The van der Waals surface area contributed by atoms with Crippen molar-refractivity contribution < 1.29 is 8.42 Å². The normalized spacial score (nSPS) is 12.4. The number of sulfone groups is 1. The largest absolute Gasteiger partial charge is 0.223 e. The summed E-state index contributed by atoms with van der Waals surface area (Å²) in [4.78, 5) is 0.426. The molecule has 0 unspecified atom stereocenters. The van der Waals surface area contributed by atoms with Crippen LogP contribution in [-0.2, 0) is 16.3 Å². The summed E-state index contributed by atoms with van der Waals surface area (Å²) in [7, 11) is -3.12. The van der Waals surface area contributed by atoms with E-state index < -0.39 is 9.84 Å². The molecular formula is C13H20O2S. The molecule has 0 fully saturated rings. The van der Waals surface area contributed by atoms with Crippen LogP contribution < -0.4 is 0 Å². The van der Waals surface area contributed by atoms with Crippen molar-refractivity contribution >= 4 is 9.84 Å². The Kier molecular flexibility index (Phi) is 4.14. The highest BCUT2D eigenvalue weighted by Crippen LogP contribution is 2.17. The molecule has 0 aliphatic heterocycles. The summed E-state index contributed by atoms with van der Waals surface area (Å²) in [5.74, 6) is 0.590. The highest BCUT2D eigenvalue weighted by molar-refractivity contribution is 7.92. The first kappa shape index (κ1) is 13.2. The van der Waals surface area contributed by atoms with E-state index in [0.717, 1.165) is 6.42 Å². The van der Waals surface area contributed by atoms with Crippen LogP contribution in [0.1, 0.15) is 33.3 Å². The minimum absolute atomic E-state index is 0.358.